The number of hydrogen-bond donors (Lipinski definition) is 2. The van der Waals surface area contributed by atoms with Crippen molar-refractivity contribution in [1.29, 1.82) is 5.26 Å². The number of ether oxygens (including phenoxy) is 2. The van der Waals surface area contributed by atoms with E-state index in [1.165, 1.54) is 20.3 Å². The molecule has 0 spiro atoms. The zero-order valence-corrected chi connectivity index (χ0v) is 13.1. The third-order valence-electron chi connectivity index (χ3n) is 3.14. The van der Waals surface area contributed by atoms with E-state index in [1.807, 2.05) is 6.07 Å². The molecule has 2 rings (SSSR count). The van der Waals surface area contributed by atoms with E-state index in [-0.39, 0.29) is 11.3 Å². The summed E-state index contributed by atoms with van der Waals surface area (Å²) in [6, 6.07) is 13.1. The van der Waals surface area contributed by atoms with E-state index in [1.54, 1.807) is 36.4 Å². The lowest BCUT2D eigenvalue weighted by atomic mass is 10.2. The van der Waals surface area contributed by atoms with E-state index >= 15 is 0 Å². The first-order valence-corrected chi connectivity index (χ1v) is 6.92. The van der Waals surface area contributed by atoms with E-state index in [0.29, 0.717) is 17.2 Å². The van der Waals surface area contributed by atoms with Gasteiger partial charge in [-0.2, -0.15) is 5.26 Å². The maximum atomic E-state index is 12.0. The van der Waals surface area contributed by atoms with Crippen molar-refractivity contribution < 1.29 is 19.1 Å². The van der Waals surface area contributed by atoms with Crippen molar-refractivity contribution in [2.75, 3.05) is 24.9 Å². The average molecular weight is 325 g/mol. The summed E-state index contributed by atoms with van der Waals surface area (Å²) < 4.78 is 10.2. The van der Waals surface area contributed by atoms with Gasteiger partial charge >= 0.3 is 11.8 Å². The van der Waals surface area contributed by atoms with Crippen LogP contribution in [0.3, 0.4) is 0 Å². The van der Waals surface area contributed by atoms with E-state index in [9.17, 15) is 9.59 Å². The molecule has 2 N–H and O–H groups in total. The van der Waals surface area contributed by atoms with Crippen molar-refractivity contribution in [3.05, 3.63) is 48.0 Å². The largest absolute Gasteiger partial charge is 0.493 e. The van der Waals surface area contributed by atoms with Crippen LogP contribution in [-0.4, -0.2) is 26.0 Å². The molecule has 122 valence electrons. The van der Waals surface area contributed by atoms with Crippen LogP contribution in [0.2, 0.25) is 0 Å². The van der Waals surface area contributed by atoms with Gasteiger partial charge in [-0.15, -0.1) is 0 Å². The predicted molar refractivity (Wildman–Crippen MR) is 88.0 cm³/mol. The van der Waals surface area contributed by atoms with Gasteiger partial charge in [0.25, 0.3) is 0 Å². The Labute approximate surface area is 138 Å². The number of nitrogens with zero attached hydrogens (tertiary/aromatic N) is 1. The minimum Gasteiger partial charge on any atom is -0.493 e. The summed E-state index contributed by atoms with van der Waals surface area (Å²) in [5.41, 5.74) is 0.915. The van der Waals surface area contributed by atoms with Crippen LogP contribution in [-0.2, 0) is 9.59 Å². The first-order valence-electron chi connectivity index (χ1n) is 6.92. The lowest BCUT2D eigenvalue weighted by Crippen LogP contribution is -2.29. The number of nitriles is 1. The molecule has 0 aromatic heterocycles. The van der Waals surface area contributed by atoms with Gasteiger partial charge in [0.15, 0.2) is 11.5 Å². The summed E-state index contributed by atoms with van der Waals surface area (Å²) in [7, 11) is 2.96. The molecule has 0 bridgehead atoms. The molecular formula is C17H15N3O4. The monoisotopic (exact) mass is 325 g/mol. The number of anilines is 2. The molecule has 0 saturated carbocycles. The number of nitrogens with one attached hydrogen (secondary N) is 2. The number of hydrogen-bond acceptors (Lipinski definition) is 5. The zero-order chi connectivity index (χ0) is 17.5. The van der Waals surface area contributed by atoms with Crippen LogP contribution in [0.5, 0.6) is 11.5 Å². The van der Waals surface area contributed by atoms with Crippen LogP contribution in [0, 0.1) is 11.3 Å². The molecule has 0 aliphatic rings. The second-order valence-corrected chi connectivity index (χ2v) is 4.64. The van der Waals surface area contributed by atoms with Crippen LogP contribution in [0.1, 0.15) is 5.56 Å². The molecule has 0 heterocycles. The predicted octanol–water partition coefficient (Wildman–Crippen LogP) is 2.15. The van der Waals surface area contributed by atoms with Crippen molar-refractivity contribution in [2.45, 2.75) is 0 Å². The molecule has 0 radical (unpaired) electrons. The molecular weight excluding hydrogens is 310 g/mol. The molecule has 2 aromatic carbocycles. The van der Waals surface area contributed by atoms with Gasteiger partial charge in [0.1, 0.15) is 6.07 Å². The smallest absolute Gasteiger partial charge is 0.314 e. The summed E-state index contributed by atoms with van der Waals surface area (Å²) in [4.78, 5) is 24.0. The Morgan fingerprint density at radius 3 is 2.29 bits per heavy atom. The summed E-state index contributed by atoms with van der Waals surface area (Å²) in [5, 5.41) is 13.8. The number of para-hydroxylation sites is 1. The van der Waals surface area contributed by atoms with Gasteiger partial charge in [-0.05, 0) is 24.3 Å². The summed E-state index contributed by atoms with van der Waals surface area (Å²) in [6.45, 7) is 0. The van der Waals surface area contributed by atoms with Crippen molar-refractivity contribution in [3.8, 4) is 17.6 Å². The third kappa shape index (κ3) is 3.81. The number of rotatable bonds is 4. The molecule has 0 aliphatic heterocycles. The van der Waals surface area contributed by atoms with Crippen molar-refractivity contribution >= 4 is 23.2 Å². The first kappa shape index (κ1) is 16.8. The van der Waals surface area contributed by atoms with E-state index in [4.69, 9.17) is 14.7 Å². The Hall–Kier alpha value is -3.53. The first-order chi connectivity index (χ1) is 11.6. The SMILES string of the molecule is COc1ccc(NC(=O)C(=O)Nc2ccccc2C#N)cc1OC. The van der Waals surface area contributed by atoms with Crippen LogP contribution < -0.4 is 20.1 Å². The molecule has 0 unspecified atom stereocenters. The maximum absolute atomic E-state index is 12.0. The van der Waals surface area contributed by atoms with Gasteiger partial charge in [0.05, 0.1) is 25.5 Å². The second-order valence-electron chi connectivity index (χ2n) is 4.64. The topological polar surface area (TPSA) is 100 Å². The van der Waals surface area contributed by atoms with Crippen LogP contribution >= 0.6 is 0 Å². The van der Waals surface area contributed by atoms with Crippen molar-refractivity contribution in [3.63, 3.8) is 0 Å². The highest BCUT2D eigenvalue weighted by Gasteiger charge is 2.16. The van der Waals surface area contributed by atoms with E-state index < -0.39 is 11.8 Å². The second kappa shape index (κ2) is 7.65. The van der Waals surface area contributed by atoms with Gasteiger partial charge in [-0.3, -0.25) is 9.59 Å². The van der Waals surface area contributed by atoms with Crippen LogP contribution in [0.4, 0.5) is 11.4 Å². The molecule has 7 heteroatoms. The molecule has 2 aromatic rings. The Morgan fingerprint density at radius 1 is 0.958 bits per heavy atom. The van der Waals surface area contributed by atoms with E-state index in [2.05, 4.69) is 10.6 Å². The summed E-state index contributed by atoms with van der Waals surface area (Å²) >= 11 is 0. The fraction of sp³-hybridized carbons (Fsp3) is 0.118. The van der Waals surface area contributed by atoms with Gasteiger partial charge in [-0.1, -0.05) is 12.1 Å². The molecule has 0 atom stereocenters. The van der Waals surface area contributed by atoms with Crippen LogP contribution in [0.25, 0.3) is 0 Å². The molecule has 0 saturated heterocycles. The standard InChI is InChI=1S/C17H15N3O4/c1-23-14-8-7-12(9-15(14)24-2)19-16(21)17(22)20-13-6-4-3-5-11(13)10-18/h3-9H,1-2H3,(H,19,21)(H,20,22). The number of benzene rings is 2. The average Bonchev–Trinajstić information content (AvgIpc) is 2.61. The fourth-order valence-corrected chi connectivity index (χ4v) is 1.97. The number of methoxy groups -OCH3 is 2. The quantitative estimate of drug-likeness (QED) is 0.839. The van der Waals surface area contributed by atoms with E-state index in [0.717, 1.165) is 0 Å². The highest BCUT2D eigenvalue weighted by Crippen LogP contribution is 2.29. The van der Waals surface area contributed by atoms with Gasteiger partial charge in [0, 0.05) is 11.8 Å². The zero-order valence-electron chi connectivity index (χ0n) is 13.1. The molecule has 0 fully saturated rings. The molecule has 24 heavy (non-hydrogen) atoms. The minimum absolute atomic E-state index is 0.268. The highest BCUT2D eigenvalue weighted by molar-refractivity contribution is 6.43. The number of carbonyl (C=O) groups excluding carboxylic acids is 2. The van der Waals surface area contributed by atoms with Gasteiger partial charge < -0.3 is 20.1 Å². The minimum atomic E-state index is -0.882. The Morgan fingerprint density at radius 2 is 1.62 bits per heavy atom. The maximum Gasteiger partial charge on any atom is 0.314 e. The number of amides is 2. The number of carbonyl (C=O) groups is 2. The van der Waals surface area contributed by atoms with Crippen LogP contribution in [0.15, 0.2) is 42.5 Å². The highest BCUT2D eigenvalue weighted by atomic mass is 16.5. The Balaban J connectivity index is 2.09. The Kier molecular flexibility index (Phi) is 5.36. The molecule has 7 nitrogen and oxygen atoms in total. The fourth-order valence-electron chi connectivity index (χ4n) is 1.97. The van der Waals surface area contributed by atoms with Gasteiger partial charge in [-0.25, -0.2) is 0 Å². The summed E-state index contributed by atoms with van der Waals surface area (Å²) in [6.07, 6.45) is 0. The lowest BCUT2D eigenvalue weighted by molar-refractivity contribution is -0.133. The molecule has 2 amide bonds. The van der Waals surface area contributed by atoms with Gasteiger partial charge in [0.2, 0.25) is 0 Å². The third-order valence-corrected chi connectivity index (χ3v) is 3.14. The Bertz CT molecular complexity index is 812. The normalized spacial score (nSPS) is 9.54. The summed E-state index contributed by atoms with van der Waals surface area (Å²) in [5.74, 6) is -0.823. The molecule has 0 aliphatic carbocycles. The van der Waals surface area contributed by atoms with Crippen molar-refractivity contribution in [1.82, 2.24) is 0 Å². The lowest BCUT2D eigenvalue weighted by Gasteiger charge is -2.11. The van der Waals surface area contributed by atoms with Crippen molar-refractivity contribution in [2.24, 2.45) is 0 Å².